The molecular weight excluding hydrogens is 260 g/mol. The van der Waals surface area contributed by atoms with Gasteiger partial charge in [-0.2, -0.15) is 0 Å². The molecule has 0 unspecified atom stereocenters. The molecule has 1 aromatic rings. The van der Waals surface area contributed by atoms with Gasteiger partial charge in [-0.25, -0.2) is 0 Å². The molecule has 0 aliphatic carbocycles. The lowest BCUT2D eigenvalue weighted by atomic mass is 9.69. The van der Waals surface area contributed by atoms with Crippen molar-refractivity contribution in [2.75, 3.05) is 0 Å². The highest BCUT2D eigenvalue weighted by atomic mass is 16.3. The van der Waals surface area contributed by atoms with Crippen LogP contribution in [-0.4, -0.2) is 10.2 Å². The molecule has 0 aromatic heterocycles. The Morgan fingerprint density at radius 3 is 1.62 bits per heavy atom. The molecule has 21 heavy (non-hydrogen) atoms. The maximum absolute atomic E-state index is 9.89. The van der Waals surface area contributed by atoms with Crippen molar-refractivity contribution in [2.45, 2.75) is 84.0 Å². The molecule has 1 rings (SSSR count). The average Bonchev–Trinajstić information content (AvgIpc) is 2.50. The molecule has 0 saturated heterocycles. The second-order valence-corrected chi connectivity index (χ2v) is 6.29. The summed E-state index contributed by atoms with van der Waals surface area (Å²) in [5, 5.41) is 19.5. The Hall–Kier alpha value is -1.18. The smallest absolute Gasteiger partial charge is 0.157 e. The zero-order valence-electron chi connectivity index (χ0n) is 14.0. The van der Waals surface area contributed by atoms with Crippen LogP contribution in [0.2, 0.25) is 0 Å². The minimum atomic E-state index is -0.0193. The fourth-order valence-electron chi connectivity index (χ4n) is 3.21. The largest absolute Gasteiger partial charge is 0.504 e. The summed E-state index contributed by atoms with van der Waals surface area (Å²) in [4.78, 5) is 0. The van der Waals surface area contributed by atoms with Gasteiger partial charge in [-0.3, -0.25) is 0 Å². The normalized spacial score (nSPS) is 11.8. The third kappa shape index (κ3) is 4.94. The first-order chi connectivity index (χ1) is 10.1. The lowest BCUT2D eigenvalue weighted by molar-refractivity contribution is 0.307. The molecule has 0 saturated carbocycles. The molecule has 0 heterocycles. The van der Waals surface area contributed by atoms with E-state index in [1.165, 1.54) is 63.4 Å². The van der Waals surface area contributed by atoms with Crippen molar-refractivity contribution in [3.05, 3.63) is 23.8 Å². The lowest BCUT2D eigenvalue weighted by Gasteiger charge is -2.35. The Morgan fingerprint density at radius 2 is 1.24 bits per heavy atom. The van der Waals surface area contributed by atoms with Gasteiger partial charge in [0, 0.05) is 0 Å². The van der Waals surface area contributed by atoms with Gasteiger partial charge in [-0.15, -0.1) is 0 Å². The summed E-state index contributed by atoms with van der Waals surface area (Å²) < 4.78 is 0. The van der Waals surface area contributed by atoms with Crippen LogP contribution in [0.15, 0.2) is 18.2 Å². The van der Waals surface area contributed by atoms with Gasteiger partial charge in [-0.1, -0.05) is 65.4 Å². The number of aromatic hydroxyl groups is 2. The third-order valence-electron chi connectivity index (χ3n) is 4.61. The molecule has 0 aliphatic heterocycles. The van der Waals surface area contributed by atoms with Crippen LogP contribution in [0.3, 0.4) is 0 Å². The molecule has 0 spiro atoms. The fraction of sp³-hybridized carbons (Fsp3) is 0.684. The predicted molar refractivity (Wildman–Crippen MR) is 90.0 cm³/mol. The molecular formula is C19H32O2. The number of hydrogen-bond acceptors (Lipinski definition) is 2. The quantitative estimate of drug-likeness (QED) is 0.526. The van der Waals surface area contributed by atoms with E-state index in [0.717, 1.165) is 0 Å². The molecule has 120 valence electrons. The first-order valence-corrected chi connectivity index (χ1v) is 8.62. The maximum Gasteiger partial charge on any atom is 0.157 e. The Balaban J connectivity index is 3.12. The van der Waals surface area contributed by atoms with Gasteiger partial charge in [0.05, 0.1) is 0 Å². The van der Waals surface area contributed by atoms with E-state index in [4.69, 9.17) is 0 Å². The highest BCUT2D eigenvalue weighted by molar-refractivity contribution is 5.43. The van der Waals surface area contributed by atoms with Crippen molar-refractivity contribution in [3.63, 3.8) is 0 Å². The zero-order valence-corrected chi connectivity index (χ0v) is 14.0. The molecule has 2 nitrogen and oxygen atoms in total. The van der Waals surface area contributed by atoms with Gasteiger partial charge in [-0.05, 0) is 42.4 Å². The summed E-state index contributed by atoms with van der Waals surface area (Å²) >= 11 is 0. The summed E-state index contributed by atoms with van der Waals surface area (Å²) in [5.74, 6) is -0.00417. The first-order valence-electron chi connectivity index (χ1n) is 8.62. The zero-order chi connectivity index (χ0) is 15.7. The van der Waals surface area contributed by atoms with Crippen LogP contribution in [0.4, 0.5) is 0 Å². The predicted octanol–water partition coefficient (Wildman–Crippen LogP) is 5.91. The van der Waals surface area contributed by atoms with Gasteiger partial charge in [0.2, 0.25) is 0 Å². The molecule has 0 aliphatic rings. The van der Waals surface area contributed by atoms with Crippen LogP contribution in [0.1, 0.15) is 84.1 Å². The first kappa shape index (κ1) is 17.9. The van der Waals surface area contributed by atoms with Crippen LogP contribution in [0.5, 0.6) is 11.5 Å². The summed E-state index contributed by atoms with van der Waals surface area (Å²) in [7, 11) is 0. The fourth-order valence-corrected chi connectivity index (χ4v) is 3.21. The number of phenols is 2. The highest BCUT2D eigenvalue weighted by Crippen LogP contribution is 2.42. The third-order valence-corrected chi connectivity index (χ3v) is 4.61. The summed E-state index contributed by atoms with van der Waals surface area (Å²) in [6, 6.07) is 5.44. The average molecular weight is 292 g/mol. The molecule has 0 radical (unpaired) electrons. The molecule has 2 N–H and O–H groups in total. The second kappa shape index (κ2) is 8.96. The van der Waals surface area contributed by atoms with Crippen LogP contribution < -0.4 is 0 Å². The van der Waals surface area contributed by atoms with E-state index in [1.54, 1.807) is 12.1 Å². The summed E-state index contributed by atoms with van der Waals surface area (Å²) in [6.07, 6.45) is 10.8. The maximum atomic E-state index is 9.89. The minimum Gasteiger partial charge on any atom is -0.504 e. The Labute approximate surface area is 130 Å². The van der Waals surface area contributed by atoms with Crippen molar-refractivity contribution in [3.8, 4) is 11.5 Å². The van der Waals surface area contributed by atoms with E-state index in [9.17, 15) is 10.2 Å². The number of unbranched alkanes of at least 4 members (excludes halogenated alkanes) is 3. The van der Waals surface area contributed by atoms with E-state index in [0.29, 0.717) is 0 Å². The van der Waals surface area contributed by atoms with Gasteiger partial charge < -0.3 is 10.2 Å². The van der Waals surface area contributed by atoms with Crippen LogP contribution in [0.25, 0.3) is 0 Å². The van der Waals surface area contributed by atoms with E-state index in [-0.39, 0.29) is 16.9 Å². The van der Waals surface area contributed by atoms with Gasteiger partial charge >= 0.3 is 0 Å². The molecule has 0 atom stereocenters. The summed E-state index contributed by atoms with van der Waals surface area (Å²) in [5.41, 5.74) is 1.36. The van der Waals surface area contributed by atoms with Gasteiger partial charge in [0.25, 0.3) is 0 Å². The van der Waals surface area contributed by atoms with Crippen LogP contribution in [0, 0.1) is 0 Å². The molecule has 0 bridgehead atoms. The van der Waals surface area contributed by atoms with Crippen molar-refractivity contribution >= 4 is 0 Å². The van der Waals surface area contributed by atoms with E-state index in [2.05, 4.69) is 20.8 Å². The SMILES string of the molecule is CCCCC(CCCC)(CCCC)c1ccc(O)c(O)c1. The second-order valence-electron chi connectivity index (χ2n) is 6.29. The van der Waals surface area contributed by atoms with Crippen molar-refractivity contribution in [2.24, 2.45) is 0 Å². The number of phenolic OH excluding ortho intramolecular Hbond substituents is 2. The highest BCUT2D eigenvalue weighted by Gasteiger charge is 2.31. The molecule has 0 fully saturated rings. The number of benzene rings is 1. The Morgan fingerprint density at radius 1 is 0.762 bits per heavy atom. The van der Waals surface area contributed by atoms with Gasteiger partial charge in [0.1, 0.15) is 0 Å². The van der Waals surface area contributed by atoms with E-state index < -0.39 is 0 Å². The standard InChI is InChI=1S/C19H32O2/c1-4-7-12-19(13-8-5-2,14-9-6-3)16-10-11-17(20)18(21)15-16/h10-11,15,20-21H,4-9,12-14H2,1-3H3. The minimum absolute atomic E-state index is 0.0152. The van der Waals surface area contributed by atoms with Crippen molar-refractivity contribution < 1.29 is 10.2 Å². The Kier molecular flexibility index (Phi) is 7.63. The van der Waals surface area contributed by atoms with Crippen molar-refractivity contribution in [1.29, 1.82) is 0 Å². The molecule has 1 aromatic carbocycles. The van der Waals surface area contributed by atoms with Crippen LogP contribution >= 0.6 is 0 Å². The summed E-state index contributed by atoms with van der Waals surface area (Å²) in [6.45, 7) is 6.70. The lowest BCUT2D eigenvalue weighted by Crippen LogP contribution is -2.26. The topological polar surface area (TPSA) is 40.5 Å². The number of hydrogen-bond donors (Lipinski definition) is 2. The number of rotatable bonds is 10. The van der Waals surface area contributed by atoms with Gasteiger partial charge in [0.15, 0.2) is 11.5 Å². The Bertz CT molecular complexity index is 390. The van der Waals surface area contributed by atoms with E-state index in [1.807, 2.05) is 6.07 Å². The van der Waals surface area contributed by atoms with E-state index >= 15 is 0 Å². The molecule has 0 amide bonds. The van der Waals surface area contributed by atoms with Crippen LogP contribution in [-0.2, 0) is 5.41 Å². The molecule has 2 heteroatoms. The monoisotopic (exact) mass is 292 g/mol. The van der Waals surface area contributed by atoms with Crippen molar-refractivity contribution in [1.82, 2.24) is 0 Å².